The fourth-order valence-electron chi connectivity index (χ4n) is 3.85. The van der Waals surface area contributed by atoms with Crippen LogP contribution in [0.1, 0.15) is 29.7 Å². The van der Waals surface area contributed by atoms with Gasteiger partial charge >= 0.3 is 0 Å². The molecule has 33 heavy (non-hydrogen) atoms. The predicted molar refractivity (Wildman–Crippen MR) is 126 cm³/mol. The third-order valence-electron chi connectivity index (χ3n) is 5.55. The van der Waals surface area contributed by atoms with Gasteiger partial charge in [-0.3, -0.25) is 14.6 Å². The van der Waals surface area contributed by atoms with E-state index in [4.69, 9.17) is 10.5 Å². The Balaban J connectivity index is 1.88. The Bertz CT molecular complexity index is 1030. The van der Waals surface area contributed by atoms with Crippen LogP contribution in [0.15, 0.2) is 12.4 Å². The molecular weight excluding hydrogens is 424 g/mol. The summed E-state index contributed by atoms with van der Waals surface area (Å²) in [5.41, 5.74) is 8.77. The Labute approximate surface area is 193 Å². The van der Waals surface area contributed by atoms with Crippen molar-refractivity contribution in [2.75, 3.05) is 50.2 Å². The van der Waals surface area contributed by atoms with Gasteiger partial charge in [0.05, 0.1) is 32.0 Å². The Hall–Kier alpha value is -3.47. The third kappa shape index (κ3) is 5.67. The molecule has 2 amide bonds. The van der Waals surface area contributed by atoms with E-state index in [1.165, 1.54) is 6.20 Å². The molecule has 1 aliphatic heterocycles. The quantitative estimate of drug-likeness (QED) is 0.469. The summed E-state index contributed by atoms with van der Waals surface area (Å²) in [5.74, 6) is 0.742. The molecular formula is C22H32N8O3. The maximum atomic E-state index is 13.0. The van der Waals surface area contributed by atoms with Gasteiger partial charge in [0.2, 0.25) is 17.8 Å². The van der Waals surface area contributed by atoms with Gasteiger partial charge in [0.25, 0.3) is 0 Å². The van der Waals surface area contributed by atoms with Crippen molar-refractivity contribution in [3.63, 3.8) is 0 Å². The minimum Gasteiger partial charge on any atom is -0.496 e. The minimum atomic E-state index is -0.783. The fraction of sp³-hybridized carbons (Fsp3) is 0.500. The largest absolute Gasteiger partial charge is 0.496 e. The van der Waals surface area contributed by atoms with Gasteiger partial charge in [-0.25, -0.2) is 4.98 Å². The molecule has 11 nitrogen and oxygen atoms in total. The summed E-state index contributed by atoms with van der Waals surface area (Å²) in [5, 5.41) is 5.69. The Morgan fingerprint density at radius 3 is 2.76 bits per heavy atom. The van der Waals surface area contributed by atoms with E-state index in [1.54, 1.807) is 18.2 Å². The summed E-state index contributed by atoms with van der Waals surface area (Å²) in [6, 6.07) is -0.783. The zero-order valence-corrected chi connectivity index (χ0v) is 19.8. The Morgan fingerprint density at radius 1 is 1.30 bits per heavy atom. The van der Waals surface area contributed by atoms with Crippen molar-refractivity contribution in [3.8, 4) is 5.75 Å². The molecule has 0 saturated heterocycles. The number of ether oxygens (including phenoxy) is 1. The van der Waals surface area contributed by atoms with E-state index in [-0.39, 0.29) is 30.7 Å². The van der Waals surface area contributed by atoms with Crippen LogP contribution in [-0.2, 0) is 16.1 Å². The summed E-state index contributed by atoms with van der Waals surface area (Å²) in [4.78, 5) is 42.4. The molecule has 1 atom stereocenters. The van der Waals surface area contributed by atoms with Crippen LogP contribution < -0.4 is 26.0 Å². The van der Waals surface area contributed by atoms with Gasteiger partial charge < -0.3 is 30.9 Å². The second-order valence-electron chi connectivity index (χ2n) is 8.36. The maximum Gasteiger partial charge on any atom is 0.247 e. The lowest BCUT2D eigenvalue weighted by molar-refractivity contribution is -0.125. The summed E-state index contributed by atoms with van der Waals surface area (Å²) < 4.78 is 5.53. The molecule has 178 valence electrons. The molecule has 0 aromatic carbocycles. The maximum absolute atomic E-state index is 13.0. The zero-order valence-electron chi connectivity index (χ0n) is 19.8. The highest BCUT2D eigenvalue weighted by Crippen LogP contribution is 2.34. The number of pyridine rings is 1. The van der Waals surface area contributed by atoms with E-state index in [0.29, 0.717) is 23.7 Å². The number of nitrogen functional groups attached to an aromatic ring is 1. The molecule has 0 saturated carbocycles. The van der Waals surface area contributed by atoms with Gasteiger partial charge in [-0.05, 0) is 40.9 Å². The summed E-state index contributed by atoms with van der Waals surface area (Å²) in [7, 11) is 5.57. The highest BCUT2D eigenvalue weighted by atomic mass is 16.5. The summed E-state index contributed by atoms with van der Waals surface area (Å²) in [6.07, 6.45) is 3.99. The first-order valence-corrected chi connectivity index (χ1v) is 10.8. The molecule has 0 spiro atoms. The molecule has 0 fully saturated rings. The molecule has 2 aromatic rings. The Morgan fingerprint density at radius 2 is 2.06 bits per heavy atom. The number of methoxy groups -OCH3 is 1. The number of hydrogen-bond donors (Lipinski definition) is 3. The van der Waals surface area contributed by atoms with Crippen LogP contribution in [-0.4, -0.2) is 72.0 Å². The smallest absolute Gasteiger partial charge is 0.247 e. The van der Waals surface area contributed by atoms with E-state index in [2.05, 4.69) is 30.5 Å². The minimum absolute atomic E-state index is 0.0286. The number of aryl methyl sites for hydroxylation is 1. The number of fused-ring (bicyclic) bond motifs is 1. The average molecular weight is 457 g/mol. The van der Waals surface area contributed by atoms with E-state index in [1.807, 2.05) is 27.9 Å². The normalized spacial score (nSPS) is 15.3. The van der Waals surface area contributed by atoms with Gasteiger partial charge in [-0.1, -0.05) is 0 Å². The lowest BCUT2D eigenvalue weighted by atomic mass is 10.0. The first-order valence-electron chi connectivity index (χ1n) is 10.8. The van der Waals surface area contributed by atoms with E-state index >= 15 is 0 Å². The number of nitrogens with zero attached hydrogens (tertiary/aromatic N) is 5. The van der Waals surface area contributed by atoms with E-state index in [9.17, 15) is 9.59 Å². The standard InChI is InChI=1S/C22H32N8O3/c1-13-10-25-16(14(2)19(13)33-5)12-30-17(9-18(31)24-7-6-8-29(3)4)21(32)27-15-11-26-22(23)28-20(15)30/h10-11,17H,6-9,12H2,1-5H3,(H,24,31)(H,27,32)(H2,23,26,28). The van der Waals surface area contributed by atoms with Crippen molar-refractivity contribution in [2.24, 2.45) is 0 Å². The molecule has 1 aliphatic rings. The van der Waals surface area contributed by atoms with Gasteiger partial charge in [0.15, 0.2) is 5.82 Å². The first-order chi connectivity index (χ1) is 15.7. The van der Waals surface area contributed by atoms with Crippen molar-refractivity contribution in [1.29, 1.82) is 0 Å². The van der Waals surface area contributed by atoms with Gasteiger partial charge in [0.1, 0.15) is 17.5 Å². The molecule has 3 heterocycles. The van der Waals surface area contributed by atoms with Crippen molar-refractivity contribution in [2.45, 2.75) is 39.3 Å². The lowest BCUT2D eigenvalue weighted by Gasteiger charge is -2.36. The number of aromatic nitrogens is 3. The molecule has 0 bridgehead atoms. The van der Waals surface area contributed by atoms with Crippen LogP contribution in [0.5, 0.6) is 5.75 Å². The number of anilines is 3. The molecule has 0 aliphatic carbocycles. The van der Waals surface area contributed by atoms with Crippen LogP contribution >= 0.6 is 0 Å². The predicted octanol–water partition coefficient (Wildman–Crippen LogP) is 0.865. The van der Waals surface area contributed by atoms with Crippen LogP contribution in [0.4, 0.5) is 17.5 Å². The second kappa shape index (κ2) is 10.4. The second-order valence-corrected chi connectivity index (χ2v) is 8.36. The first kappa shape index (κ1) is 24.2. The molecule has 4 N–H and O–H groups in total. The van der Waals surface area contributed by atoms with E-state index < -0.39 is 6.04 Å². The number of rotatable bonds is 9. The molecule has 2 aromatic heterocycles. The van der Waals surface area contributed by atoms with Crippen LogP contribution in [0.2, 0.25) is 0 Å². The third-order valence-corrected chi connectivity index (χ3v) is 5.55. The highest BCUT2D eigenvalue weighted by molar-refractivity contribution is 6.04. The fourth-order valence-corrected chi connectivity index (χ4v) is 3.85. The topological polar surface area (TPSA) is 139 Å². The van der Waals surface area contributed by atoms with Crippen LogP contribution in [0.3, 0.4) is 0 Å². The van der Waals surface area contributed by atoms with Crippen LogP contribution in [0.25, 0.3) is 0 Å². The average Bonchev–Trinajstić information content (AvgIpc) is 2.76. The zero-order chi connectivity index (χ0) is 24.1. The molecule has 3 rings (SSSR count). The summed E-state index contributed by atoms with van der Waals surface area (Å²) in [6.45, 7) is 5.48. The number of carbonyl (C=O) groups is 2. The molecule has 11 heteroatoms. The summed E-state index contributed by atoms with van der Waals surface area (Å²) >= 11 is 0. The monoisotopic (exact) mass is 456 g/mol. The number of nitrogens with one attached hydrogen (secondary N) is 2. The molecule has 0 radical (unpaired) electrons. The number of amides is 2. The van der Waals surface area contributed by atoms with Gasteiger partial charge in [0, 0.05) is 23.9 Å². The number of nitrogens with two attached hydrogens (primary N) is 1. The number of hydrogen-bond acceptors (Lipinski definition) is 9. The van der Waals surface area contributed by atoms with E-state index in [0.717, 1.165) is 29.8 Å². The van der Waals surface area contributed by atoms with Gasteiger partial charge in [-0.2, -0.15) is 4.98 Å². The van der Waals surface area contributed by atoms with Crippen LogP contribution in [0, 0.1) is 13.8 Å². The van der Waals surface area contributed by atoms with Crippen molar-refractivity contribution in [1.82, 2.24) is 25.2 Å². The lowest BCUT2D eigenvalue weighted by Crippen LogP contribution is -2.50. The molecule has 1 unspecified atom stereocenters. The SMILES string of the molecule is COc1c(C)cnc(CN2c3nc(N)ncc3NC(=O)C2CC(=O)NCCCN(C)C)c1C. The van der Waals surface area contributed by atoms with Crippen molar-refractivity contribution in [3.05, 3.63) is 29.2 Å². The number of carbonyl (C=O) groups excluding carboxylic acids is 2. The van der Waals surface area contributed by atoms with Gasteiger partial charge in [-0.15, -0.1) is 0 Å². The highest BCUT2D eigenvalue weighted by Gasteiger charge is 2.36. The Kier molecular flexibility index (Phi) is 7.64. The van der Waals surface area contributed by atoms with Crippen molar-refractivity contribution >= 4 is 29.3 Å². The van der Waals surface area contributed by atoms with Crippen molar-refractivity contribution < 1.29 is 14.3 Å².